The van der Waals surface area contributed by atoms with Crippen LogP contribution in [-0.2, 0) is 17.4 Å². The van der Waals surface area contributed by atoms with Crippen LogP contribution in [0.2, 0.25) is 0 Å². The van der Waals surface area contributed by atoms with Crippen molar-refractivity contribution in [2.75, 3.05) is 22.1 Å². The maximum atomic E-state index is 14.5. The molecule has 1 unspecified atom stereocenters. The van der Waals surface area contributed by atoms with E-state index in [9.17, 15) is 27.2 Å². The van der Waals surface area contributed by atoms with Gasteiger partial charge in [-0.2, -0.15) is 13.2 Å². The maximum Gasteiger partial charge on any atom is 0.416 e. The lowest BCUT2D eigenvalue weighted by atomic mass is 9.90. The average Bonchev–Trinajstić information content (AvgIpc) is 3.05. The molecule has 5 rings (SSSR count). The number of halogens is 4. The lowest BCUT2D eigenvalue weighted by molar-refractivity contribution is -0.138. The molecule has 2 atom stereocenters. The van der Waals surface area contributed by atoms with Crippen molar-refractivity contribution in [3.05, 3.63) is 125 Å². The molecule has 4 aromatic rings. The SMILES string of the molecule is CCCC(CC)Nc1ccccc1.Cc1ccc(NC(=O)[C@H]2Cc3ccccc3N(C(=O)c3c(C)cccc3F)C2)cc1C(F)(F)F. The molecule has 0 radical (unpaired) electrons. The second kappa shape index (κ2) is 15.8. The Morgan fingerprint density at radius 1 is 0.872 bits per heavy atom. The molecule has 0 fully saturated rings. The van der Waals surface area contributed by atoms with Gasteiger partial charge in [0.1, 0.15) is 5.82 Å². The Morgan fingerprint density at radius 2 is 1.57 bits per heavy atom. The fraction of sp³-hybridized carbons (Fsp3) is 0.316. The molecule has 1 aliphatic heterocycles. The van der Waals surface area contributed by atoms with Crippen LogP contribution in [0, 0.1) is 25.6 Å². The van der Waals surface area contributed by atoms with E-state index < -0.39 is 35.3 Å². The number of amides is 2. The summed E-state index contributed by atoms with van der Waals surface area (Å²) in [5, 5.41) is 6.08. The molecule has 9 heteroatoms. The lowest BCUT2D eigenvalue weighted by Gasteiger charge is -2.34. The Labute approximate surface area is 274 Å². The molecule has 248 valence electrons. The van der Waals surface area contributed by atoms with Gasteiger partial charge < -0.3 is 15.5 Å². The first-order valence-corrected chi connectivity index (χ1v) is 15.9. The van der Waals surface area contributed by atoms with Crippen LogP contribution in [-0.4, -0.2) is 24.4 Å². The van der Waals surface area contributed by atoms with Crippen LogP contribution in [0.5, 0.6) is 0 Å². The molecule has 0 aliphatic carbocycles. The first-order valence-electron chi connectivity index (χ1n) is 15.9. The molecule has 1 aliphatic rings. The fourth-order valence-electron chi connectivity index (χ4n) is 5.75. The van der Waals surface area contributed by atoms with Crippen molar-refractivity contribution in [1.29, 1.82) is 0 Å². The van der Waals surface area contributed by atoms with E-state index in [1.54, 1.807) is 37.3 Å². The molecule has 1 heterocycles. The van der Waals surface area contributed by atoms with Gasteiger partial charge in [-0.05, 0) is 86.2 Å². The van der Waals surface area contributed by atoms with E-state index in [4.69, 9.17) is 0 Å². The minimum absolute atomic E-state index is 0.0182. The summed E-state index contributed by atoms with van der Waals surface area (Å²) in [6.45, 7) is 7.41. The average molecular weight is 648 g/mol. The summed E-state index contributed by atoms with van der Waals surface area (Å²) in [6.07, 6.45) is -0.554. The Kier molecular flexibility index (Phi) is 11.8. The minimum atomic E-state index is -4.55. The number of hydrogen-bond donors (Lipinski definition) is 2. The molecular weight excluding hydrogens is 606 g/mol. The van der Waals surface area contributed by atoms with Crippen LogP contribution in [0.4, 0.5) is 34.6 Å². The van der Waals surface area contributed by atoms with E-state index in [1.165, 1.54) is 61.0 Å². The number of aryl methyl sites for hydroxylation is 2. The third kappa shape index (κ3) is 8.99. The standard InChI is InChI=1S/C26H22F4N2O2.C12H19N/c1-15-10-11-19(13-20(15)26(28,29)30)31-24(33)18-12-17-7-3-4-9-22(17)32(14-18)25(34)23-16(2)6-5-8-21(23)27;1-3-8-11(4-2)13-12-9-6-5-7-10-12/h3-11,13,18H,12,14H2,1-2H3,(H,31,33);5-7,9-11,13H,3-4,8H2,1-2H3/t18-;/m0./s1. The van der Waals surface area contributed by atoms with Crippen molar-refractivity contribution < 1.29 is 27.2 Å². The molecule has 47 heavy (non-hydrogen) atoms. The van der Waals surface area contributed by atoms with E-state index in [-0.39, 0.29) is 23.4 Å². The summed E-state index contributed by atoms with van der Waals surface area (Å²) in [5.74, 6) is -2.49. The van der Waals surface area contributed by atoms with E-state index in [1.807, 2.05) is 6.07 Å². The number of fused-ring (bicyclic) bond motifs is 1. The van der Waals surface area contributed by atoms with Crippen LogP contribution in [0.15, 0.2) is 91.0 Å². The summed E-state index contributed by atoms with van der Waals surface area (Å²) in [4.78, 5) is 27.8. The van der Waals surface area contributed by atoms with Crippen LogP contribution in [0.25, 0.3) is 0 Å². The highest BCUT2D eigenvalue weighted by molar-refractivity contribution is 6.08. The molecule has 0 saturated heterocycles. The Bertz CT molecular complexity index is 1650. The molecule has 0 bridgehead atoms. The zero-order valence-corrected chi connectivity index (χ0v) is 27.1. The van der Waals surface area contributed by atoms with Gasteiger partial charge in [-0.3, -0.25) is 9.59 Å². The lowest BCUT2D eigenvalue weighted by Crippen LogP contribution is -2.44. The van der Waals surface area contributed by atoms with Crippen molar-refractivity contribution in [2.24, 2.45) is 5.92 Å². The zero-order chi connectivity index (χ0) is 34.1. The summed E-state index contributed by atoms with van der Waals surface area (Å²) < 4.78 is 54.3. The highest BCUT2D eigenvalue weighted by Gasteiger charge is 2.35. The van der Waals surface area contributed by atoms with Gasteiger partial charge in [-0.25, -0.2) is 4.39 Å². The van der Waals surface area contributed by atoms with Crippen molar-refractivity contribution in [2.45, 2.75) is 65.6 Å². The molecule has 0 spiro atoms. The van der Waals surface area contributed by atoms with E-state index in [0.717, 1.165) is 11.6 Å². The smallest absolute Gasteiger partial charge is 0.382 e. The normalized spacial score (nSPS) is 14.7. The number of alkyl halides is 3. The molecule has 0 saturated carbocycles. The minimum Gasteiger partial charge on any atom is -0.382 e. The van der Waals surface area contributed by atoms with Crippen molar-refractivity contribution >= 4 is 28.9 Å². The highest BCUT2D eigenvalue weighted by atomic mass is 19.4. The summed E-state index contributed by atoms with van der Waals surface area (Å²) >= 11 is 0. The topological polar surface area (TPSA) is 61.4 Å². The number of anilines is 3. The number of nitrogens with one attached hydrogen (secondary N) is 2. The predicted molar refractivity (Wildman–Crippen MR) is 180 cm³/mol. The van der Waals surface area contributed by atoms with Crippen LogP contribution in [0.1, 0.15) is 65.7 Å². The van der Waals surface area contributed by atoms with Gasteiger partial charge in [-0.15, -0.1) is 0 Å². The van der Waals surface area contributed by atoms with Gasteiger partial charge in [0.2, 0.25) is 5.91 Å². The summed E-state index contributed by atoms with van der Waals surface area (Å²) in [6, 6.07) is 26.0. The first kappa shape index (κ1) is 35.2. The van der Waals surface area contributed by atoms with Gasteiger partial charge in [0.15, 0.2) is 0 Å². The van der Waals surface area contributed by atoms with Gasteiger partial charge in [-0.1, -0.05) is 74.9 Å². The second-order valence-electron chi connectivity index (χ2n) is 11.8. The Hall–Kier alpha value is -4.66. The number of carbonyl (C=O) groups is 2. The van der Waals surface area contributed by atoms with Gasteiger partial charge >= 0.3 is 6.18 Å². The quantitative estimate of drug-likeness (QED) is 0.187. The predicted octanol–water partition coefficient (Wildman–Crippen LogP) is 9.60. The molecule has 5 nitrogen and oxygen atoms in total. The monoisotopic (exact) mass is 647 g/mol. The zero-order valence-electron chi connectivity index (χ0n) is 27.1. The molecule has 2 amide bonds. The molecule has 2 N–H and O–H groups in total. The number of benzene rings is 4. The number of nitrogens with zero attached hydrogens (tertiary/aromatic N) is 1. The summed E-state index contributed by atoms with van der Waals surface area (Å²) in [5.41, 5.74) is 2.16. The first-order chi connectivity index (χ1) is 22.4. The van der Waals surface area contributed by atoms with Crippen LogP contribution in [0.3, 0.4) is 0 Å². The molecule has 0 aromatic heterocycles. The van der Waals surface area contributed by atoms with Crippen molar-refractivity contribution in [1.82, 2.24) is 0 Å². The Balaban J connectivity index is 0.000000323. The van der Waals surface area contributed by atoms with Crippen molar-refractivity contribution in [3.63, 3.8) is 0 Å². The Morgan fingerprint density at radius 3 is 2.23 bits per heavy atom. The second-order valence-corrected chi connectivity index (χ2v) is 11.8. The number of para-hydroxylation sites is 2. The third-order valence-corrected chi connectivity index (χ3v) is 8.29. The highest BCUT2D eigenvalue weighted by Crippen LogP contribution is 2.35. The van der Waals surface area contributed by atoms with Gasteiger partial charge in [0.25, 0.3) is 5.91 Å². The van der Waals surface area contributed by atoms with Gasteiger partial charge in [0.05, 0.1) is 17.0 Å². The van der Waals surface area contributed by atoms with Gasteiger partial charge in [0, 0.05) is 29.6 Å². The summed E-state index contributed by atoms with van der Waals surface area (Å²) in [7, 11) is 0. The van der Waals surface area contributed by atoms with E-state index in [2.05, 4.69) is 48.7 Å². The maximum absolute atomic E-state index is 14.5. The van der Waals surface area contributed by atoms with E-state index in [0.29, 0.717) is 23.7 Å². The fourth-order valence-corrected chi connectivity index (χ4v) is 5.75. The van der Waals surface area contributed by atoms with Crippen LogP contribution < -0.4 is 15.5 Å². The third-order valence-electron chi connectivity index (χ3n) is 8.29. The number of carbonyl (C=O) groups excluding carboxylic acids is 2. The number of hydrogen-bond acceptors (Lipinski definition) is 3. The van der Waals surface area contributed by atoms with E-state index >= 15 is 0 Å². The molecular formula is C38H41F4N3O2. The van der Waals surface area contributed by atoms with Crippen molar-refractivity contribution in [3.8, 4) is 0 Å². The number of rotatable bonds is 8. The largest absolute Gasteiger partial charge is 0.416 e. The molecule has 4 aromatic carbocycles. The van der Waals surface area contributed by atoms with Crippen LogP contribution >= 0.6 is 0 Å².